The number of carbonyl (C=O) groups is 1. The van der Waals surface area contributed by atoms with Crippen LogP contribution in [0.25, 0.3) is 0 Å². The molecule has 8 nitrogen and oxygen atoms in total. The van der Waals surface area contributed by atoms with Gasteiger partial charge in [-0.05, 0) is 20.8 Å². The van der Waals surface area contributed by atoms with E-state index in [-0.39, 0.29) is 0 Å². The van der Waals surface area contributed by atoms with Crippen LogP contribution in [0, 0.1) is 0 Å². The van der Waals surface area contributed by atoms with Crippen LogP contribution < -0.4 is 0 Å². The van der Waals surface area contributed by atoms with Crippen LogP contribution in [0.3, 0.4) is 0 Å². The fraction of sp³-hybridized carbons (Fsp3) is 0.909. The minimum Gasteiger partial charge on any atom is -0.481 e. The Kier molecular flexibility index (Phi) is 8.36. The van der Waals surface area contributed by atoms with Crippen molar-refractivity contribution in [2.24, 2.45) is 0 Å². The summed E-state index contributed by atoms with van der Waals surface area (Å²) in [5.74, 6) is -0.833. The predicted molar refractivity (Wildman–Crippen MR) is 65.3 cm³/mol. The number of hydrogen-bond acceptors (Lipinski definition) is 7. The Morgan fingerprint density at radius 1 is 1.16 bits per heavy atom. The summed E-state index contributed by atoms with van der Waals surface area (Å²) in [7, 11) is 0. The van der Waals surface area contributed by atoms with E-state index in [1.54, 1.807) is 0 Å². The molecule has 0 aliphatic heterocycles. The van der Waals surface area contributed by atoms with Gasteiger partial charge in [-0.15, -0.1) is 0 Å². The van der Waals surface area contributed by atoms with Crippen molar-refractivity contribution in [1.29, 1.82) is 0 Å². The van der Waals surface area contributed by atoms with E-state index in [1.807, 2.05) is 0 Å². The first-order chi connectivity index (χ1) is 8.31. The molecule has 8 heteroatoms. The highest BCUT2D eigenvalue weighted by Gasteiger charge is 2.50. The second-order valence-corrected chi connectivity index (χ2v) is 4.77. The molecular formula is C11H24O8. The quantitative estimate of drug-likeness (QED) is 0.296. The van der Waals surface area contributed by atoms with E-state index in [1.165, 1.54) is 6.92 Å². The van der Waals surface area contributed by atoms with Gasteiger partial charge in [0.25, 0.3) is 5.97 Å². The van der Waals surface area contributed by atoms with E-state index < -0.39 is 42.1 Å². The molecule has 0 fully saturated rings. The fourth-order valence-electron chi connectivity index (χ4n) is 1.07. The third-order valence-corrected chi connectivity index (χ3v) is 2.79. The van der Waals surface area contributed by atoms with E-state index in [0.29, 0.717) is 0 Å². The monoisotopic (exact) mass is 284 g/mol. The second kappa shape index (κ2) is 7.73. The molecular weight excluding hydrogens is 260 g/mol. The summed E-state index contributed by atoms with van der Waals surface area (Å²) in [6.07, 6.45) is -4.65. The summed E-state index contributed by atoms with van der Waals surface area (Å²) in [6.45, 7) is 3.71. The summed E-state index contributed by atoms with van der Waals surface area (Å²) in [5.41, 5.74) is -4.12. The Bertz CT molecular complexity index is 270. The van der Waals surface area contributed by atoms with E-state index in [9.17, 15) is 20.4 Å². The third-order valence-electron chi connectivity index (χ3n) is 2.79. The van der Waals surface area contributed by atoms with Gasteiger partial charge in [0.1, 0.15) is 23.4 Å². The number of hydrogen-bond donors (Lipinski definition) is 7. The van der Waals surface area contributed by atoms with E-state index in [0.717, 1.165) is 20.8 Å². The average molecular weight is 284 g/mol. The standard InChI is InChI=1S/C9H20O6.C2H4O2/c1-5(11)6(12)7(13)9(3,15)8(2,14)4-10;1-2(3)4/h5-7,10-15H,4H2,1-3H3;1H3,(H,3,4)/t5?,6-,7-,8+,9+;/m1./s1. The molecule has 1 unspecified atom stereocenters. The number of aliphatic carboxylic acids is 1. The normalized spacial score (nSPS) is 22.0. The van der Waals surface area contributed by atoms with Crippen molar-refractivity contribution in [3.8, 4) is 0 Å². The molecule has 0 aromatic heterocycles. The van der Waals surface area contributed by atoms with Crippen LogP contribution >= 0.6 is 0 Å². The maximum Gasteiger partial charge on any atom is 0.300 e. The van der Waals surface area contributed by atoms with Gasteiger partial charge in [-0.2, -0.15) is 0 Å². The molecule has 0 aromatic rings. The summed E-state index contributed by atoms with van der Waals surface area (Å²) in [6, 6.07) is 0. The first-order valence-corrected chi connectivity index (χ1v) is 5.60. The van der Waals surface area contributed by atoms with E-state index in [2.05, 4.69) is 0 Å². The van der Waals surface area contributed by atoms with Crippen molar-refractivity contribution in [1.82, 2.24) is 0 Å². The molecule has 116 valence electrons. The zero-order valence-electron chi connectivity index (χ0n) is 11.5. The molecule has 0 saturated carbocycles. The average Bonchev–Trinajstić information content (AvgIpc) is 2.25. The summed E-state index contributed by atoms with van der Waals surface area (Å²) in [5, 5.41) is 63.6. The van der Waals surface area contributed by atoms with Gasteiger partial charge in [0.05, 0.1) is 12.7 Å². The van der Waals surface area contributed by atoms with Gasteiger partial charge in [0.15, 0.2) is 0 Å². The van der Waals surface area contributed by atoms with Gasteiger partial charge in [-0.3, -0.25) is 4.79 Å². The highest BCUT2D eigenvalue weighted by molar-refractivity contribution is 5.62. The highest BCUT2D eigenvalue weighted by atomic mass is 16.4. The molecule has 0 amide bonds. The first-order valence-electron chi connectivity index (χ1n) is 5.60. The highest BCUT2D eigenvalue weighted by Crippen LogP contribution is 2.27. The molecule has 0 aliphatic rings. The Labute approximate surface area is 111 Å². The predicted octanol–water partition coefficient (Wildman–Crippen LogP) is -2.33. The minimum absolute atomic E-state index is 0.788. The smallest absolute Gasteiger partial charge is 0.300 e. The first kappa shape index (κ1) is 20.5. The lowest BCUT2D eigenvalue weighted by Gasteiger charge is -2.42. The maximum atomic E-state index is 9.80. The lowest BCUT2D eigenvalue weighted by Crippen LogP contribution is -2.64. The summed E-state index contributed by atoms with van der Waals surface area (Å²) >= 11 is 0. The van der Waals surface area contributed by atoms with Gasteiger partial charge < -0.3 is 35.7 Å². The van der Waals surface area contributed by atoms with Crippen molar-refractivity contribution >= 4 is 5.97 Å². The molecule has 7 N–H and O–H groups in total. The Morgan fingerprint density at radius 2 is 1.47 bits per heavy atom. The SMILES string of the molecule is CC(=O)O.CC(O)[C@@H](O)[C@@H](O)[C@](C)(O)[C@@](C)(O)CO. The second-order valence-electron chi connectivity index (χ2n) is 4.77. The summed E-state index contributed by atoms with van der Waals surface area (Å²) < 4.78 is 0. The molecule has 0 aliphatic carbocycles. The summed E-state index contributed by atoms with van der Waals surface area (Å²) in [4.78, 5) is 9.00. The molecule has 0 spiro atoms. The van der Waals surface area contributed by atoms with Crippen molar-refractivity contribution in [3.63, 3.8) is 0 Å². The topological polar surface area (TPSA) is 159 Å². The van der Waals surface area contributed by atoms with Gasteiger partial charge >= 0.3 is 0 Å². The van der Waals surface area contributed by atoms with Crippen LogP contribution in [0.2, 0.25) is 0 Å². The number of aliphatic hydroxyl groups excluding tert-OH is 4. The maximum absolute atomic E-state index is 9.80. The van der Waals surface area contributed by atoms with Crippen LogP contribution in [0.1, 0.15) is 27.7 Å². The lowest BCUT2D eigenvalue weighted by atomic mass is 9.79. The molecule has 0 saturated heterocycles. The zero-order chi connectivity index (χ0) is 16.0. The number of aliphatic hydroxyl groups is 6. The number of carboxylic acid groups (broad SMARTS) is 1. The van der Waals surface area contributed by atoms with Crippen molar-refractivity contribution in [3.05, 3.63) is 0 Å². The van der Waals surface area contributed by atoms with Crippen LogP contribution in [0.15, 0.2) is 0 Å². The van der Waals surface area contributed by atoms with Crippen molar-refractivity contribution in [2.75, 3.05) is 6.61 Å². The molecule has 0 heterocycles. The van der Waals surface area contributed by atoms with Crippen LogP contribution in [0.4, 0.5) is 0 Å². The molecule has 0 aromatic carbocycles. The van der Waals surface area contributed by atoms with E-state index in [4.69, 9.17) is 20.1 Å². The largest absolute Gasteiger partial charge is 0.481 e. The van der Waals surface area contributed by atoms with Gasteiger partial charge in [0, 0.05) is 6.92 Å². The zero-order valence-corrected chi connectivity index (χ0v) is 11.5. The minimum atomic E-state index is -2.14. The van der Waals surface area contributed by atoms with Gasteiger partial charge in [-0.25, -0.2) is 0 Å². The van der Waals surface area contributed by atoms with Gasteiger partial charge in [0.2, 0.25) is 0 Å². The lowest BCUT2D eigenvalue weighted by molar-refractivity contribution is -0.227. The molecule has 0 rings (SSSR count). The third kappa shape index (κ3) is 6.28. The number of carboxylic acids is 1. The molecule has 19 heavy (non-hydrogen) atoms. The Hall–Kier alpha value is -0.770. The molecule has 5 atom stereocenters. The van der Waals surface area contributed by atoms with Gasteiger partial charge in [-0.1, -0.05) is 0 Å². The Balaban J connectivity index is 0. The number of rotatable bonds is 5. The Morgan fingerprint density at radius 3 is 1.68 bits per heavy atom. The van der Waals surface area contributed by atoms with Crippen molar-refractivity contribution < 1.29 is 40.5 Å². The van der Waals surface area contributed by atoms with Crippen LogP contribution in [-0.2, 0) is 4.79 Å². The van der Waals surface area contributed by atoms with Crippen LogP contribution in [-0.4, -0.2) is 77.8 Å². The van der Waals surface area contributed by atoms with Crippen LogP contribution in [0.5, 0.6) is 0 Å². The van der Waals surface area contributed by atoms with E-state index >= 15 is 0 Å². The fourth-order valence-corrected chi connectivity index (χ4v) is 1.07. The molecule has 0 bridgehead atoms. The van der Waals surface area contributed by atoms with Crippen molar-refractivity contribution in [2.45, 2.75) is 57.2 Å². The molecule has 0 radical (unpaired) electrons.